The molecule has 1 saturated carbocycles. The fourth-order valence-corrected chi connectivity index (χ4v) is 3.61. The number of carbonyl (C=O) groups excluding carboxylic acids is 1. The van der Waals surface area contributed by atoms with Crippen molar-refractivity contribution >= 4 is 5.91 Å². The first-order valence-corrected chi connectivity index (χ1v) is 8.30. The molecule has 1 saturated heterocycles. The van der Waals surface area contributed by atoms with E-state index in [-0.39, 0.29) is 5.91 Å². The first-order chi connectivity index (χ1) is 9.28. The van der Waals surface area contributed by atoms with Crippen LogP contribution in [-0.2, 0) is 4.79 Å². The van der Waals surface area contributed by atoms with Gasteiger partial charge >= 0.3 is 0 Å². The highest BCUT2D eigenvalue weighted by Crippen LogP contribution is 2.27. The van der Waals surface area contributed by atoms with Gasteiger partial charge in [-0.25, -0.2) is 0 Å². The van der Waals surface area contributed by atoms with E-state index in [0.29, 0.717) is 18.5 Å². The molecule has 0 aromatic heterocycles. The normalized spacial score (nSPS) is 31.3. The Morgan fingerprint density at radius 1 is 1.16 bits per heavy atom. The van der Waals surface area contributed by atoms with Crippen molar-refractivity contribution in [1.29, 1.82) is 0 Å². The minimum atomic E-state index is 0.271. The second-order valence-corrected chi connectivity index (χ2v) is 6.41. The highest BCUT2D eigenvalue weighted by atomic mass is 16.1. The predicted molar refractivity (Wildman–Crippen MR) is 79.1 cm³/mol. The summed E-state index contributed by atoms with van der Waals surface area (Å²) in [6.45, 7) is 3.40. The number of hydrogen-bond donors (Lipinski definition) is 2. The SMILES string of the molecule is CCCC1CCC(NC(=O)CCC2CCCN2)CC1. The van der Waals surface area contributed by atoms with E-state index >= 15 is 0 Å². The highest BCUT2D eigenvalue weighted by molar-refractivity contribution is 5.76. The molecule has 0 radical (unpaired) electrons. The zero-order chi connectivity index (χ0) is 13.5. The zero-order valence-corrected chi connectivity index (χ0v) is 12.4. The zero-order valence-electron chi connectivity index (χ0n) is 12.4. The maximum Gasteiger partial charge on any atom is 0.220 e. The Morgan fingerprint density at radius 2 is 1.95 bits per heavy atom. The Labute approximate surface area is 117 Å². The van der Waals surface area contributed by atoms with E-state index in [4.69, 9.17) is 0 Å². The Hall–Kier alpha value is -0.570. The average molecular weight is 266 g/mol. The van der Waals surface area contributed by atoms with Gasteiger partial charge in [0.25, 0.3) is 0 Å². The van der Waals surface area contributed by atoms with Gasteiger partial charge in [-0.05, 0) is 57.4 Å². The van der Waals surface area contributed by atoms with Crippen molar-refractivity contribution in [2.24, 2.45) is 5.92 Å². The van der Waals surface area contributed by atoms with Gasteiger partial charge in [-0.15, -0.1) is 0 Å². The fraction of sp³-hybridized carbons (Fsp3) is 0.938. The number of nitrogens with one attached hydrogen (secondary N) is 2. The van der Waals surface area contributed by atoms with Crippen molar-refractivity contribution in [3.63, 3.8) is 0 Å². The summed E-state index contributed by atoms with van der Waals surface area (Å²) in [4.78, 5) is 11.9. The van der Waals surface area contributed by atoms with Gasteiger partial charge in [0.2, 0.25) is 5.91 Å². The number of hydrogen-bond acceptors (Lipinski definition) is 2. The van der Waals surface area contributed by atoms with Gasteiger partial charge in [0.1, 0.15) is 0 Å². The second kappa shape index (κ2) is 7.88. The summed E-state index contributed by atoms with van der Waals surface area (Å²) in [7, 11) is 0. The van der Waals surface area contributed by atoms with Crippen molar-refractivity contribution in [3.05, 3.63) is 0 Å². The molecule has 110 valence electrons. The van der Waals surface area contributed by atoms with Crippen LogP contribution in [0.2, 0.25) is 0 Å². The number of amides is 1. The Kier molecular flexibility index (Phi) is 6.15. The molecule has 2 N–H and O–H groups in total. The lowest BCUT2D eigenvalue weighted by atomic mass is 9.83. The molecule has 0 spiro atoms. The summed E-state index contributed by atoms with van der Waals surface area (Å²) in [6.07, 6.45) is 11.9. The summed E-state index contributed by atoms with van der Waals surface area (Å²) in [5.74, 6) is 1.19. The van der Waals surface area contributed by atoms with Crippen molar-refractivity contribution < 1.29 is 4.79 Å². The van der Waals surface area contributed by atoms with Crippen molar-refractivity contribution in [1.82, 2.24) is 10.6 Å². The monoisotopic (exact) mass is 266 g/mol. The lowest BCUT2D eigenvalue weighted by molar-refractivity contribution is -0.122. The molecule has 3 nitrogen and oxygen atoms in total. The van der Waals surface area contributed by atoms with Crippen LogP contribution >= 0.6 is 0 Å². The van der Waals surface area contributed by atoms with Gasteiger partial charge in [0.05, 0.1) is 0 Å². The lowest BCUT2D eigenvalue weighted by Crippen LogP contribution is -2.38. The van der Waals surface area contributed by atoms with Crippen LogP contribution in [0.25, 0.3) is 0 Å². The molecule has 19 heavy (non-hydrogen) atoms. The van der Waals surface area contributed by atoms with E-state index in [9.17, 15) is 4.79 Å². The molecule has 1 amide bonds. The maximum atomic E-state index is 11.9. The average Bonchev–Trinajstić information content (AvgIpc) is 2.92. The molecule has 2 aliphatic rings. The highest BCUT2D eigenvalue weighted by Gasteiger charge is 2.22. The quantitative estimate of drug-likeness (QED) is 0.776. The van der Waals surface area contributed by atoms with E-state index in [1.54, 1.807) is 0 Å². The Balaban J connectivity index is 1.58. The molecular formula is C16H30N2O. The van der Waals surface area contributed by atoms with E-state index in [0.717, 1.165) is 18.9 Å². The van der Waals surface area contributed by atoms with Gasteiger partial charge < -0.3 is 10.6 Å². The van der Waals surface area contributed by atoms with Crippen LogP contribution in [0.1, 0.15) is 71.1 Å². The minimum absolute atomic E-state index is 0.271. The van der Waals surface area contributed by atoms with E-state index in [2.05, 4.69) is 17.6 Å². The van der Waals surface area contributed by atoms with Crippen molar-refractivity contribution in [2.45, 2.75) is 83.2 Å². The molecular weight excluding hydrogens is 236 g/mol. The Bertz CT molecular complexity index is 266. The fourth-order valence-electron chi connectivity index (χ4n) is 3.61. The van der Waals surface area contributed by atoms with Gasteiger partial charge in [-0.3, -0.25) is 4.79 Å². The number of rotatable bonds is 6. The second-order valence-electron chi connectivity index (χ2n) is 6.41. The third kappa shape index (κ3) is 5.13. The van der Waals surface area contributed by atoms with E-state index in [1.165, 1.54) is 51.4 Å². The summed E-state index contributed by atoms with van der Waals surface area (Å²) in [5.41, 5.74) is 0. The smallest absolute Gasteiger partial charge is 0.220 e. The molecule has 0 aromatic rings. The van der Waals surface area contributed by atoms with E-state index in [1.807, 2.05) is 0 Å². The van der Waals surface area contributed by atoms with Gasteiger partial charge in [0.15, 0.2) is 0 Å². The summed E-state index contributed by atoms with van der Waals surface area (Å²) in [6, 6.07) is 1.04. The molecule has 1 unspecified atom stereocenters. The van der Waals surface area contributed by atoms with E-state index < -0.39 is 0 Å². The first-order valence-electron chi connectivity index (χ1n) is 8.30. The number of carbonyl (C=O) groups is 1. The van der Waals surface area contributed by atoms with Crippen LogP contribution in [0.3, 0.4) is 0 Å². The maximum absolute atomic E-state index is 11.9. The van der Waals surface area contributed by atoms with Gasteiger partial charge in [0, 0.05) is 18.5 Å². The van der Waals surface area contributed by atoms with Crippen LogP contribution in [0.15, 0.2) is 0 Å². The Morgan fingerprint density at radius 3 is 2.58 bits per heavy atom. The molecule has 1 aliphatic heterocycles. The van der Waals surface area contributed by atoms with Crippen LogP contribution in [0, 0.1) is 5.92 Å². The van der Waals surface area contributed by atoms with Crippen molar-refractivity contribution in [2.75, 3.05) is 6.54 Å². The third-order valence-corrected chi connectivity index (χ3v) is 4.79. The topological polar surface area (TPSA) is 41.1 Å². The van der Waals surface area contributed by atoms with Crippen molar-refractivity contribution in [3.8, 4) is 0 Å². The van der Waals surface area contributed by atoms with Gasteiger partial charge in [-0.2, -0.15) is 0 Å². The molecule has 3 heteroatoms. The predicted octanol–water partition coefficient (Wildman–Crippen LogP) is 2.99. The van der Waals surface area contributed by atoms with Crippen LogP contribution in [0.5, 0.6) is 0 Å². The first kappa shape index (κ1) is 14.8. The molecule has 0 bridgehead atoms. The molecule has 2 fully saturated rings. The summed E-state index contributed by atoms with van der Waals surface area (Å²) >= 11 is 0. The summed E-state index contributed by atoms with van der Waals surface area (Å²) < 4.78 is 0. The lowest BCUT2D eigenvalue weighted by Gasteiger charge is -2.29. The van der Waals surface area contributed by atoms with Gasteiger partial charge in [-0.1, -0.05) is 19.8 Å². The molecule has 1 atom stereocenters. The molecule has 1 heterocycles. The molecule has 1 aliphatic carbocycles. The minimum Gasteiger partial charge on any atom is -0.353 e. The molecule has 2 rings (SSSR count). The third-order valence-electron chi connectivity index (χ3n) is 4.79. The van der Waals surface area contributed by atoms with Crippen LogP contribution < -0.4 is 10.6 Å². The largest absolute Gasteiger partial charge is 0.353 e. The van der Waals surface area contributed by atoms with Crippen LogP contribution in [0.4, 0.5) is 0 Å². The summed E-state index contributed by atoms with van der Waals surface area (Å²) in [5, 5.41) is 6.69. The molecule has 0 aromatic carbocycles. The standard InChI is InChI=1S/C16H30N2O/c1-2-4-13-6-8-15(9-7-13)18-16(19)11-10-14-5-3-12-17-14/h13-15,17H,2-12H2,1H3,(H,18,19). The van der Waals surface area contributed by atoms with Crippen LogP contribution in [-0.4, -0.2) is 24.5 Å².